The molecule has 0 radical (unpaired) electrons. The van der Waals surface area contributed by atoms with Crippen LogP contribution in [0.2, 0.25) is 0 Å². The van der Waals surface area contributed by atoms with Crippen molar-refractivity contribution in [2.24, 2.45) is 5.16 Å². The van der Waals surface area contributed by atoms with E-state index in [1.807, 2.05) is 0 Å². The number of amides is 4. The first-order chi connectivity index (χ1) is 18.9. The maximum atomic E-state index is 13.3. The number of β-lactam (4-membered cyclic amide) rings is 1. The van der Waals surface area contributed by atoms with Gasteiger partial charge in [0.15, 0.2) is 10.8 Å². The lowest BCUT2D eigenvalue weighted by molar-refractivity contribution is -0.150. The molecule has 1 saturated heterocycles. The quantitative estimate of drug-likeness (QED) is 0.120. The molecule has 4 amide bonds. The van der Waals surface area contributed by atoms with E-state index in [4.69, 9.17) is 9.57 Å². The molecule has 3 atom stereocenters. The van der Waals surface area contributed by atoms with E-state index in [-0.39, 0.29) is 28.8 Å². The fraction of sp³-hybridized carbons (Fsp3) is 0.458. The van der Waals surface area contributed by atoms with E-state index in [1.54, 1.807) is 27.7 Å². The largest absolute Gasteiger partial charge is 0.477 e. The van der Waals surface area contributed by atoms with E-state index in [9.17, 15) is 29.1 Å². The third-order valence-corrected chi connectivity index (χ3v) is 7.57. The minimum atomic E-state index is -1.27. The van der Waals surface area contributed by atoms with E-state index >= 15 is 0 Å². The molecular formula is C24H30N6O8S2. The number of nitrogens with one attached hydrogen (secondary N) is 3. The fourth-order valence-corrected chi connectivity index (χ4v) is 5.60. The number of fused-ring (bicyclic) bond motifs is 1. The summed E-state index contributed by atoms with van der Waals surface area (Å²) in [5, 5.41) is 22.2. The molecule has 2 aliphatic heterocycles. The second-order valence-corrected chi connectivity index (χ2v) is 11.5. The van der Waals surface area contributed by atoms with Crippen molar-refractivity contribution in [2.75, 3.05) is 17.6 Å². The second-order valence-electron chi connectivity index (χ2n) is 9.50. The summed E-state index contributed by atoms with van der Waals surface area (Å²) >= 11 is 2.33. The van der Waals surface area contributed by atoms with Crippen molar-refractivity contribution in [3.8, 4) is 0 Å². The number of hydrogen-bond acceptors (Lipinski definition) is 11. The molecular weight excluding hydrogens is 564 g/mol. The Bertz CT molecular complexity index is 1250. The van der Waals surface area contributed by atoms with E-state index in [0.29, 0.717) is 24.2 Å². The summed E-state index contributed by atoms with van der Waals surface area (Å²) < 4.78 is 5.21. The lowest BCUT2D eigenvalue weighted by Gasteiger charge is -2.49. The predicted molar refractivity (Wildman–Crippen MR) is 148 cm³/mol. The van der Waals surface area contributed by atoms with Gasteiger partial charge in [-0.2, -0.15) is 0 Å². The van der Waals surface area contributed by atoms with Gasteiger partial charge in [0.2, 0.25) is 6.41 Å². The van der Waals surface area contributed by atoms with Gasteiger partial charge >= 0.3 is 12.1 Å². The van der Waals surface area contributed by atoms with Crippen molar-refractivity contribution in [2.45, 2.75) is 57.2 Å². The topological polar surface area (TPSA) is 189 Å². The lowest BCUT2D eigenvalue weighted by Crippen LogP contribution is -2.71. The maximum absolute atomic E-state index is 13.3. The van der Waals surface area contributed by atoms with Crippen LogP contribution in [0.3, 0.4) is 0 Å². The van der Waals surface area contributed by atoms with E-state index in [0.717, 1.165) is 16.2 Å². The van der Waals surface area contributed by atoms with Gasteiger partial charge in [-0.3, -0.25) is 19.3 Å². The molecule has 0 saturated carbocycles. The Morgan fingerprint density at radius 3 is 2.70 bits per heavy atom. The number of nitrogens with zero attached hydrogens (tertiary/aromatic N) is 3. The first-order valence-corrected chi connectivity index (χ1v) is 14.0. The molecule has 1 fully saturated rings. The number of carboxylic acid groups (broad SMARTS) is 1. The number of aromatic nitrogens is 1. The number of alkyl carbamates (subject to hydrolysis) is 1. The zero-order chi connectivity index (χ0) is 29.6. The van der Waals surface area contributed by atoms with E-state index in [2.05, 4.69) is 32.7 Å². The van der Waals surface area contributed by atoms with Gasteiger partial charge in [-0.05, 0) is 32.8 Å². The molecule has 1 aromatic heterocycles. The molecule has 14 nitrogen and oxygen atoms in total. The maximum Gasteiger partial charge on any atom is 0.407 e. The number of carbonyl (C=O) groups excluding carboxylic acids is 4. The average Bonchev–Trinajstić information content (AvgIpc) is 3.35. The number of oxime groups is 1. The van der Waals surface area contributed by atoms with E-state index < -0.39 is 47.0 Å². The van der Waals surface area contributed by atoms with Gasteiger partial charge in [0.25, 0.3) is 11.8 Å². The highest BCUT2D eigenvalue weighted by molar-refractivity contribution is 8.00. The molecule has 216 valence electrons. The first-order valence-electron chi connectivity index (χ1n) is 12.1. The van der Waals surface area contributed by atoms with Crippen LogP contribution in [0.25, 0.3) is 0 Å². The van der Waals surface area contributed by atoms with Crippen LogP contribution in [0.5, 0.6) is 0 Å². The molecule has 0 aromatic carbocycles. The number of carbonyl (C=O) groups is 5. The Labute approximate surface area is 238 Å². The van der Waals surface area contributed by atoms with Crippen LogP contribution >= 0.6 is 23.1 Å². The number of ether oxygens (including phenoxy) is 1. The number of hydrogen-bond donors (Lipinski definition) is 4. The van der Waals surface area contributed by atoms with Crippen LogP contribution in [-0.2, 0) is 28.8 Å². The molecule has 4 N–H and O–H groups in total. The molecule has 2 aliphatic rings. The Morgan fingerprint density at radius 1 is 1.38 bits per heavy atom. The highest BCUT2D eigenvalue weighted by atomic mass is 32.2. The van der Waals surface area contributed by atoms with Crippen LogP contribution in [0.4, 0.5) is 9.93 Å². The van der Waals surface area contributed by atoms with Crippen molar-refractivity contribution in [3.63, 3.8) is 0 Å². The molecule has 40 heavy (non-hydrogen) atoms. The van der Waals surface area contributed by atoms with Gasteiger partial charge in [-0.25, -0.2) is 14.6 Å². The Kier molecular flexibility index (Phi) is 9.92. The Balaban J connectivity index is 1.78. The van der Waals surface area contributed by atoms with Crippen molar-refractivity contribution >= 4 is 64.2 Å². The van der Waals surface area contributed by atoms with Crippen molar-refractivity contribution < 1.29 is 38.7 Å². The van der Waals surface area contributed by atoms with Gasteiger partial charge in [0.05, 0.1) is 6.54 Å². The summed E-state index contributed by atoms with van der Waals surface area (Å²) in [5.74, 6) is -2.37. The molecule has 1 aromatic rings. The molecule has 16 heteroatoms. The van der Waals surface area contributed by atoms with Crippen molar-refractivity contribution in [1.82, 2.24) is 20.5 Å². The molecule has 0 bridgehead atoms. The number of allylic oxidation sites excluding steroid dienone is 1. The zero-order valence-corrected chi connectivity index (χ0v) is 23.9. The minimum Gasteiger partial charge on any atom is -0.477 e. The van der Waals surface area contributed by atoms with Crippen LogP contribution in [0.1, 0.15) is 39.8 Å². The number of thiazole rings is 1. The molecule has 0 spiro atoms. The fourth-order valence-electron chi connectivity index (χ4n) is 3.61. The van der Waals surface area contributed by atoms with Crippen molar-refractivity contribution in [3.05, 3.63) is 35.0 Å². The third kappa shape index (κ3) is 7.18. The Hall–Kier alpha value is -3.92. The molecule has 0 aliphatic carbocycles. The highest BCUT2D eigenvalue weighted by Gasteiger charge is 2.54. The zero-order valence-electron chi connectivity index (χ0n) is 22.3. The summed E-state index contributed by atoms with van der Waals surface area (Å²) in [7, 11) is 0. The lowest BCUT2D eigenvalue weighted by atomic mass is 10.0. The number of thioether (sulfide) groups is 1. The van der Waals surface area contributed by atoms with Crippen LogP contribution in [0, 0.1) is 0 Å². The van der Waals surface area contributed by atoms with E-state index in [1.165, 1.54) is 23.2 Å². The Morgan fingerprint density at radius 2 is 2.10 bits per heavy atom. The third-order valence-electron chi connectivity index (χ3n) is 5.50. The summed E-state index contributed by atoms with van der Waals surface area (Å²) in [6.07, 6.45) is 0.944. The predicted octanol–water partition coefficient (Wildman–Crippen LogP) is 1.66. The summed E-state index contributed by atoms with van der Waals surface area (Å²) in [6, 6.07) is -1.02. The van der Waals surface area contributed by atoms with Gasteiger partial charge in [0, 0.05) is 11.1 Å². The molecule has 3 rings (SSSR count). The van der Waals surface area contributed by atoms with Gasteiger partial charge in [-0.1, -0.05) is 24.7 Å². The minimum absolute atomic E-state index is 0.0313. The summed E-state index contributed by atoms with van der Waals surface area (Å²) in [4.78, 5) is 71.7. The number of rotatable bonds is 12. The number of aliphatic carboxylic acids is 1. The van der Waals surface area contributed by atoms with Crippen LogP contribution in [0.15, 0.2) is 34.5 Å². The normalized spacial score (nSPS) is 19.6. The monoisotopic (exact) mass is 594 g/mol. The highest BCUT2D eigenvalue weighted by Crippen LogP contribution is 2.40. The molecule has 3 heterocycles. The second kappa shape index (κ2) is 13.0. The van der Waals surface area contributed by atoms with Crippen LogP contribution in [-0.4, -0.2) is 86.4 Å². The smallest absolute Gasteiger partial charge is 0.407 e. The number of anilines is 1. The summed E-state index contributed by atoms with van der Waals surface area (Å²) in [6.45, 7) is 10.6. The van der Waals surface area contributed by atoms with Gasteiger partial charge < -0.3 is 30.6 Å². The SMILES string of the molecule is C=CC1=C(C(=O)O)N2C(=O)C(NC(=O)C(=NOC(CC)CNC(=O)OC(C)(C)C)c3csc(NC=O)n3)[C@H]2SC1. The van der Waals surface area contributed by atoms with Gasteiger partial charge in [0.1, 0.15) is 34.5 Å². The standard InChI is InChI=1S/C24H30N6O8S2/c1-6-12-9-39-20-16(19(33)30(20)17(12)21(34)35)28-18(32)15(14-10-40-22(27-14)26-11-31)29-38-13(7-2)8-25-23(36)37-24(3,4)5/h6,10-11,13,16,20H,1,7-9H2,2-5H3,(H,25,36)(H,28,32)(H,34,35)(H,26,27,31)/t13?,16?,20-/m1/s1. The van der Waals surface area contributed by atoms with Gasteiger partial charge in [-0.15, -0.1) is 23.1 Å². The number of carboxylic acids is 1. The van der Waals surface area contributed by atoms with Crippen LogP contribution < -0.4 is 16.0 Å². The first kappa shape index (κ1) is 30.6. The summed E-state index contributed by atoms with van der Waals surface area (Å²) in [5.41, 5.74) is -0.655. The van der Waals surface area contributed by atoms with Crippen molar-refractivity contribution in [1.29, 1.82) is 0 Å². The average molecular weight is 595 g/mol. The molecule has 2 unspecified atom stereocenters.